The molecule has 0 aliphatic carbocycles. The van der Waals surface area contributed by atoms with E-state index in [-0.39, 0.29) is 27.6 Å². The lowest BCUT2D eigenvalue weighted by Gasteiger charge is -2.18. The standard InChI is InChI=1S/C23H28Cl2N2O5S/c1-7-27(8-2)22(29)19-13(5)18(23(30)31-12(3)4)21(33-19)26-20(28)14(6)32-17-10-9-15(24)11-16(17)25/h9-12,14H,7-8H2,1-6H3,(H,26,28). The molecule has 0 radical (unpaired) electrons. The Morgan fingerprint density at radius 1 is 1.12 bits per heavy atom. The third-order valence-electron chi connectivity index (χ3n) is 4.74. The highest BCUT2D eigenvalue weighted by molar-refractivity contribution is 7.18. The monoisotopic (exact) mass is 514 g/mol. The maximum Gasteiger partial charge on any atom is 0.341 e. The lowest BCUT2D eigenvalue weighted by Crippen LogP contribution is -2.30. The maximum atomic E-state index is 13.0. The summed E-state index contributed by atoms with van der Waals surface area (Å²) in [6.45, 7) is 11.5. The molecule has 180 valence electrons. The van der Waals surface area contributed by atoms with Gasteiger partial charge in [0.15, 0.2) is 6.10 Å². The number of thiophene rings is 1. The Balaban J connectivity index is 2.36. The fraction of sp³-hybridized carbons (Fsp3) is 0.435. The Kier molecular flexibility index (Phi) is 9.57. The molecule has 0 saturated heterocycles. The number of esters is 1. The molecular formula is C23H28Cl2N2O5S. The highest BCUT2D eigenvalue weighted by Gasteiger charge is 2.30. The Labute approximate surface area is 208 Å². The van der Waals surface area contributed by atoms with Crippen LogP contribution < -0.4 is 10.1 Å². The predicted molar refractivity (Wildman–Crippen MR) is 132 cm³/mol. The number of halogens is 2. The minimum atomic E-state index is -0.943. The molecule has 1 atom stereocenters. The Morgan fingerprint density at radius 3 is 2.30 bits per heavy atom. The average Bonchev–Trinajstić information content (AvgIpc) is 3.06. The minimum absolute atomic E-state index is 0.161. The molecule has 0 aliphatic rings. The number of nitrogens with one attached hydrogen (secondary N) is 1. The number of rotatable bonds is 9. The SMILES string of the molecule is CCN(CC)C(=O)c1sc(NC(=O)C(C)Oc2ccc(Cl)cc2Cl)c(C(=O)OC(C)C)c1C. The van der Waals surface area contributed by atoms with Gasteiger partial charge in [0, 0.05) is 18.1 Å². The number of carbonyl (C=O) groups is 3. The van der Waals surface area contributed by atoms with Crippen LogP contribution in [0.1, 0.15) is 60.2 Å². The number of carbonyl (C=O) groups excluding carboxylic acids is 3. The molecule has 2 aromatic rings. The molecule has 1 heterocycles. The van der Waals surface area contributed by atoms with Gasteiger partial charge in [0.25, 0.3) is 11.8 Å². The summed E-state index contributed by atoms with van der Waals surface area (Å²) in [5, 5.41) is 3.66. The van der Waals surface area contributed by atoms with Gasteiger partial charge in [0.2, 0.25) is 0 Å². The van der Waals surface area contributed by atoms with E-state index in [0.29, 0.717) is 34.3 Å². The molecule has 0 aliphatic heterocycles. The summed E-state index contributed by atoms with van der Waals surface area (Å²) < 4.78 is 11.0. The second-order valence-corrected chi connectivity index (χ2v) is 9.38. The first-order valence-corrected chi connectivity index (χ1v) is 12.1. The molecule has 0 fully saturated rings. The summed E-state index contributed by atoms with van der Waals surface area (Å²) in [5.41, 5.74) is 0.626. The molecule has 10 heteroatoms. The molecule has 2 amide bonds. The van der Waals surface area contributed by atoms with Crippen LogP contribution in [-0.4, -0.2) is 48.0 Å². The average molecular weight is 515 g/mol. The van der Waals surface area contributed by atoms with E-state index < -0.39 is 18.0 Å². The molecule has 1 aromatic heterocycles. The van der Waals surface area contributed by atoms with Crippen molar-refractivity contribution in [2.24, 2.45) is 0 Å². The molecular weight excluding hydrogens is 487 g/mol. The van der Waals surface area contributed by atoms with Crippen molar-refractivity contribution in [1.29, 1.82) is 0 Å². The predicted octanol–water partition coefficient (Wildman–Crippen LogP) is 5.82. The molecule has 7 nitrogen and oxygen atoms in total. The number of nitrogens with zero attached hydrogens (tertiary/aromatic N) is 1. The van der Waals surface area contributed by atoms with Crippen LogP contribution in [0.15, 0.2) is 18.2 Å². The molecule has 0 saturated carbocycles. The van der Waals surface area contributed by atoms with Gasteiger partial charge in [0.05, 0.1) is 21.6 Å². The van der Waals surface area contributed by atoms with E-state index >= 15 is 0 Å². The van der Waals surface area contributed by atoms with Gasteiger partial charge in [0.1, 0.15) is 10.8 Å². The highest BCUT2D eigenvalue weighted by atomic mass is 35.5. The Bertz CT molecular complexity index is 1030. The zero-order chi connectivity index (χ0) is 24.9. The third kappa shape index (κ3) is 6.62. The van der Waals surface area contributed by atoms with Gasteiger partial charge in [-0.25, -0.2) is 4.79 Å². The van der Waals surface area contributed by atoms with Crippen LogP contribution in [0.2, 0.25) is 10.0 Å². The van der Waals surface area contributed by atoms with Crippen molar-refractivity contribution < 1.29 is 23.9 Å². The van der Waals surface area contributed by atoms with E-state index in [1.807, 2.05) is 13.8 Å². The van der Waals surface area contributed by atoms with E-state index in [1.165, 1.54) is 6.07 Å². The van der Waals surface area contributed by atoms with E-state index in [9.17, 15) is 14.4 Å². The maximum absolute atomic E-state index is 13.0. The fourth-order valence-electron chi connectivity index (χ4n) is 3.01. The van der Waals surface area contributed by atoms with Crippen molar-refractivity contribution in [2.75, 3.05) is 18.4 Å². The molecule has 1 unspecified atom stereocenters. The summed E-state index contributed by atoms with van der Waals surface area (Å²) in [4.78, 5) is 40.7. The van der Waals surface area contributed by atoms with Crippen LogP contribution in [0.4, 0.5) is 5.00 Å². The van der Waals surface area contributed by atoms with Gasteiger partial charge in [-0.15, -0.1) is 11.3 Å². The first kappa shape index (κ1) is 27.0. The van der Waals surface area contributed by atoms with E-state index in [1.54, 1.807) is 44.7 Å². The number of anilines is 1. The van der Waals surface area contributed by atoms with Crippen molar-refractivity contribution in [3.05, 3.63) is 44.2 Å². The smallest absolute Gasteiger partial charge is 0.341 e. The zero-order valence-corrected chi connectivity index (χ0v) is 21.8. The van der Waals surface area contributed by atoms with Crippen LogP contribution in [0.25, 0.3) is 0 Å². The first-order chi connectivity index (χ1) is 15.5. The molecule has 1 N–H and O–H groups in total. The number of benzene rings is 1. The lowest BCUT2D eigenvalue weighted by atomic mass is 10.1. The van der Waals surface area contributed by atoms with Crippen molar-refractivity contribution >= 4 is 57.3 Å². The van der Waals surface area contributed by atoms with Gasteiger partial charge < -0.3 is 19.7 Å². The van der Waals surface area contributed by atoms with Gasteiger partial charge in [-0.1, -0.05) is 23.2 Å². The van der Waals surface area contributed by atoms with E-state index in [4.69, 9.17) is 32.7 Å². The number of hydrogen-bond donors (Lipinski definition) is 1. The summed E-state index contributed by atoms with van der Waals surface area (Å²) >= 11 is 13.1. The molecule has 33 heavy (non-hydrogen) atoms. The van der Waals surface area contributed by atoms with Crippen LogP contribution in [-0.2, 0) is 9.53 Å². The van der Waals surface area contributed by atoms with E-state index in [2.05, 4.69) is 5.32 Å². The van der Waals surface area contributed by atoms with E-state index in [0.717, 1.165) is 11.3 Å². The van der Waals surface area contributed by atoms with Crippen LogP contribution in [0.5, 0.6) is 5.75 Å². The first-order valence-electron chi connectivity index (χ1n) is 10.6. The Hall–Kier alpha value is -2.29. The molecule has 0 spiro atoms. The third-order valence-corrected chi connectivity index (χ3v) is 6.47. The molecule has 0 bridgehead atoms. The zero-order valence-electron chi connectivity index (χ0n) is 19.5. The lowest BCUT2D eigenvalue weighted by molar-refractivity contribution is -0.122. The minimum Gasteiger partial charge on any atom is -0.479 e. The van der Waals surface area contributed by atoms with Crippen LogP contribution in [0.3, 0.4) is 0 Å². The van der Waals surface area contributed by atoms with Crippen LogP contribution in [0, 0.1) is 6.92 Å². The van der Waals surface area contributed by atoms with Gasteiger partial charge in [-0.05, 0) is 65.3 Å². The second kappa shape index (κ2) is 11.7. The van der Waals surface area contributed by atoms with Crippen LogP contribution >= 0.6 is 34.5 Å². The fourth-order valence-corrected chi connectivity index (χ4v) is 4.63. The number of hydrogen-bond acceptors (Lipinski definition) is 6. The van der Waals surface area contributed by atoms with Crippen molar-refractivity contribution in [3.8, 4) is 5.75 Å². The normalized spacial score (nSPS) is 11.8. The largest absolute Gasteiger partial charge is 0.479 e. The summed E-state index contributed by atoms with van der Waals surface area (Å²) in [6, 6.07) is 4.67. The summed E-state index contributed by atoms with van der Waals surface area (Å²) in [6.07, 6.45) is -1.31. The van der Waals surface area contributed by atoms with Crippen molar-refractivity contribution in [3.63, 3.8) is 0 Å². The van der Waals surface area contributed by atoms with Gasteiger partial charge in [-0.3, -0.25) is 9.59 Å². The molecule has 2 rings (SSSR count). The summed E-state index contributed by atoms with van der Waals surface area (Å²) in [5.74, 6) is -1.04. The van der Waals surface area contributed by atoms with Gasteiger partial charge >= 0.3 is 5.97 Å². The molecule has 1 aromatic carbocycles. The van der Waals surface area contributed by atoms with Gasteiger partial charge in [-0.2, -0.15) is 0 Å². The Morgan fingerprint density at radius 2 is 1.76 bits per heavy atom. The highest BCUT2D eigenvalue weighted by Crippen LogP contribution is 2.35. The van der Waals surface area contributed by atoms with Crippen molar-refractivity contribution in [2.45, 2.75) is 53.8 Å². The topological polar surface area (TPSA) is 84.9 Å². The van der Waals surface area contributed by atoms with Crippen molar-refractivity contribution in [1.82, 2.24) is 4.90 Å². The summed E-state index contributed by atoms with van der Waals surface area (Å²) in [7, 11) is 0. The number of ether oxygens (including phenoxy) is 2. The number of amides is 2. The second-order valence-electron chi connectivity index (χ2n) is 7.52. The quantitative estimate of drug-likeness (QED) is 0.426.